The molecular weight excluding hydrogens is 392 g/mol. The molecule has 0 aliphatic heterocycles. The van der Waals surface area contributed by atoms with Gasteiger partial charge in [-0.15, -0.1) is 0 Å². The summed E-state index contributed by atoms with van der Waals surface area (Å²) in [4.78, 5) is 20.9. The van der Waals surface area contributed by atoms with Crippen LogP contribution in [0, 0.1) is 23.7 Å². The molecule has 3 aromatic rings. The lowest BCUT2D eigenvalue weighted by Gasteiger charge is -2.13. The Kier molecular flexibility index (Phi) is 6.26. The zero-order chi connectivity index (χ0) is 22.5. The number of nitrogen functional groups attached to an aromatic ring is 1. The monoisotopic (exact) mass is 414 g/mol. The molecule has 0 fully saturated rings. The molecular formula is C23H22N6O2. The summed E-state index contributed by atoms with van der Waals surface area (Å²) in [5.74, 6) is 0.0620. The van der Waals surface area contributed by atoms with Crippen molar-refractivity contribution in [1.82, 2.24) is 9.97 Å². The Hall–Kier alpha value is -4.25. The molecule has 0 saturated carbocycles. The van der Waals surface area contributed by atoms with E-state index in [0.717, 1.165) is 0 Å². The minimum atomic E-state index is -0.416. The fourth-order valence-corrected chi connectivity index (χ4v) is 2.91. The third kappa shape index (κ3) is 5.03. The number of aromatic nitrogens is 2. The van der Waals surface area contributed by atoms with Crippen LogP contribution in [0.1, 0.15) is 46.6 Å². The van der Waals surface area contributed by atoms with Crippen LogP contribution in [0.25, 0.3) is 0 Å². The molecule has 8 heteroatoms. The zero-order valence-corrected chi connectivity index (χ0v) is 17.4. The van der Waals surface area contributed by atoms with E-state index in [0.29, 0.717) is 39.5 Å². The Morgan fingerprint density at radius 2 is 1.97 bits per heavy atom. The average Bonchev–Trinajstić information content (AvgIpc) is 2.74. The Balaban J connectivity index is 1.82. The summed E-state index contributed by atoms with van der Waals surface area (Å²) in [6.45, 7) is 5.53. The molecule has 0 aliphatic carbocycles. The molecule has 3 rings (SSSR count). The van der Waals surface area contributed by atoms with Gasteiger partial charge in [0.2, 0.25) is 5.88 Å². The predicted octanol–water partition coefficient (Wildman–Crippen LogP) is 3.69. The van der Waals surface area contributed by atoms with Crippen LogP contribution in [0.15, 0.2) is 48.8 Å². The van der Waals surface area contributed by atoms with Crippen molar-refractivity contribution in [1.29, 1.82) is 10.7 Å². The van der Waals surface area contributed by atoms with Gasteiger partial charge in [0.05, 0.1) is 17.4 Å². The van der Waals surface area contributed by atoms with Crippen molar-refractivity contribution in [2.75, 3.05) is 11.1 Å². The molecule has 0 bridgehead atoms. The van der Waals surface area contributed by atoms with E-state index in [2.05, 4.69) is 15.3 Å². The number of aryl methyl sites for hydroxylation is 1. The van der Waals surface area contributed by atoms with Crippen molar-refractivity contribution in [2.45, 2.75) is 26.9 Å². The minimum absolute atomic E-state index is 0.00275. The second-order valence-corrected chi connectivity index (χ2v) is 7.18. The van der Waals surface area contributed by atoms with Crippen molar-refractivity contribution in [3.8, 4) is 11.9 Å². The molecule has 0 aliphatic rings. The van der Waals surface area contributed by atoms with E-state index in [9.17, 15) is 4.79 Å². The van der Waals surface area contributed by atoms with Gasteiger partial charge >= 0.3 is 0 Å². The lowest BCUT2D eigenvalue weighted by molar-refractivity contribution is 0.102. The first-order valence-electron chi connectivity index (χ1n) is 9.58. The van der Waals surface area contributed by atoms with E-state index in [1.54, 1.807) is 49.5 Å². The lowest BCUT2D eigenvalue weighted by atomic mass is 10.0. The summed E-state index contributed by atoms with van der Waals surface area (Å²) in [5, 5.41) is 20.2. The van der Waals surface area contributed by atoms with Gasteiger partial charge in [-0.1, -0.05) is 0 Å². The van der Waals surface area contributed by atoms with Gasteiger partial charge in [0, 0.05) is 41.0 Å². The number of benzene rings is 1. The molecule has 0 spiro atoms. The third-order valence-electron chi connectivity index (χ3n) is 4.38. The summed E-state index contributed by atoms with van der Waals surface area (Å²) in [7, 11) is 0. The Morgan fingerprint density at radius 3 is 2.58 bits per heavy atom. The highest BCUT2D eigenvalue weighted by molar-refractivity contribution is 6.14. The number of nitrogens with one attached hydrogen (secondary N) is 2. The van der Waals surface area contributed by atoms with Crippen LogP contribution in [0.5, 0.6) is 5.88 Å². The summed E-state index contributed by atoms with van der Waals surface area (Å²) < 4.78 is 5.53. The molecule has 156 valence electrons. The van der Waals surface area contributed by atoms with Gasteiger partial charge in [-0.05, 0) is 56.7 Å². The number of pyridine rings is 2. The van der Waals surface area contributed by atoms with Crippen LogP contribution in [0.3, 0.4) is 0 Å². The van der Waals surface area contributed by atoms with Crippen LogP contribution < -0.4 is 15.8 Å². The van der Waals surface area contributed by atoms with Gasteiger partial charge in [-0.25, -0.2) is 9.97 Å². The maximum Gasteiger partial charge on any atom is 0.274 e. The molecule has 0 atom stereocenters. The van der Waals surface area contributed by atoms with E-state index in [-0.39, 0.29) is 17.5 Å². The number of nitrogens with zero attached hydrogens (tertiary/aromatic N) is 3. The second-order valence-electron chi connectivity index (χ2n) is 7.18. The standard InChI is InChI=1S/C23H22N6O2/c1-13(2)31-20-7-4-16(12-27-20)21(26)18-9-17(5-6-19(18)25)29-23(30)22-14(3)8-15(10-24)11-28-22/h4-9,11-13,26H,25H2,1-3H3,(H,29,30). The van der Waals surface area contributed by atoms with Crippen molar-refractivity contribution in [3.63, 3.8) is 0 Å². The van der Waals surface area contributed by atoms with Crippen molar-refractivity contribution in [3.05, 3.63) is 76.7 Å². The molecule has 0 radical (unpaired) electrons. The van der Waals surface area contributed by atoms with Crippen molar-refractivity contribution < 1.29 is 9.53 Å². The molecule has 0 unspecified atom stereocenters. The number of hydrogen-bond acceptors (Lipinski definition) is 7. The number of amides is 1. The summed E-state index contributed by atoms with van der Waals surface area (Å²) in [6, 6.07) is 11.9. The first-order valence-corrected chi connectivity index (χ1v) is 9.58. The van der Waals surface area contributed by atoms with E-state index < -0.39 is 5.91 Å². The lowest BCUT2D eigenvalue weighted by Crippen LogP contribution is -2.16. The van der Waals surface area contributed by atoms with Gasteiger partial charge in [0.1, 0.15) is 11.8 Å². The van der Waals surface area contributed by atoms with Gasteiger partial charge in [0.15, 0.2) is 0 Å². The molecule has 31 heavy (non-hydrogen) atoms. The van der Waals surface area contributed by atoms with E-state index in [1.165, 1.54) is 6.20 Å². The van der Waals surface area contributed by atoms with Crippen LogP contribution >= 0.6 is 0 Å². The molecule has 1 amide bonds. The van der Waals surface area contributed by atoms with Gasteiger partial charge < -0.3 is 15.8 Å². The number of nitrogens with two attached hydrogens (primary N) is 1. The number of carbonyl (C=O) groups is 1. The fourth-order valence-electron chi connectivity index (χ4n) is 2.91. The molecule has 4 N–H and O–H groups in total. The Morgan fingerprint density at radius 1 is 1.19 bits per heavy atom. The number of rotatable bonds is 6. The topological polar surface area (TPSA) is 138 Å². The quantitative estimate of drug-likeness (QED) is 0.415. The molecule has 1 aromatic carbocycles. The molecule has 2 aromatic heterocycles. The van der Waals surface area contributed by atoms with Crippen molar-refractivity contribution in [2.24, 2.45) is 0 Å². The number of nitriles is 1. The highest BCUT2D eigenvalue weighted by Crippen LogP contribution is 2.22. The molecule has 2 heterocycles. The Labute approximate surface area is 180 Å². The van der Waals surface area contributed by atoms with Crippen LogP contribution in [-0.2, 0) is 0 Å². The summed E-state index contributed by atoms with van der Waals surface area (Å²) in [5.41, 5.74) is 9.34. The van der Waals surface area contributed by atoms with Crippen LogP contribution in [-0.4, -0.2) is 27.7 Å². The smallest absolute Gasteiger partial charge is 0.274 e. The van der Waals surface area contributed by atoms with E-state index in [1.807, 2.05) is 19.9 Å². The first-order chi connectivity index (χ1) is 14.8. The van der Waals surface area contributed by atoms with Crippen LogP contribution in [0.2, 0.25) is 0 Å². The fraction of sp³-hybridized carbons (Fsp3) is 0.174. The number of carbonyl (C=O) groups excluding carboxylic acids is 1. The first kappa shape index (κ1) is 21.5. The predicted molar refractivity (Wildman–Crippen MR) is 118 cm³/mol. The summed E-state index contributed by atoms with van der Waals surface area (Å²) in [6.07, 6.45) is 2.91. The van der Waals surface area contributed by atoms with Gasteiger partial charge in [0.25, 0.3) is 5.91 Å². The maximum absolute atomic E-state index is 12.6. The highest BCUT2D eigenvalue weighted by Gasteiger charge is 2.15. The molecule has 0 saturated heterocycles. The SMILES string of the molecule is Cc1cc(C#N)cnc1C(=O)Nc1ccc(N)c(C(=N)c2ccc(OC(C)C)nc2)c1. The van der Waals surface area contributed by atoms with E-state index in [4.69, 9.17) is 21.1 Å². The highest BCUT2D eigenvalue weighted by atomic mass is 16.5. The van der Waals surface area contributed by atoms with E-state index >= 15 is 0 Å². The average molecular weight is 414 g/mol. The number of hydrogen-bond donors (Lipinski definition) is 3. The number of ether oxygens (including phenoxy) is 1. The van der Waals surface area contributed by atoms with Crippen LogP contribution in [0.4, 0.5) is 11.4 Å². The van der Waals surface area contributed by atoms with Gasteiger partial charge in [-0.2, -0.15) is 5.26 Å². The normalized spacial score (nSPS) is 10.4. The van der Waals surface area contributed by atoms with Crippen molar-refractivity contribution >= 4 is 23.0 Å². The zero-order valence-electron chi connectivity index (χ0n) is 17.4. The maximum atomic E-state index is 12.6. The third-order valence-corrected chi connectivity index (χ3v) is 4.38. The second kappa shape index (κ2) is 9.05. The van der Waals surface area contributed by atoms with Gasteiger partial charge in [-0.3, -0.25) is 10.2 Å². The minimum Gasteiger partial charge on any atom is -0.475 e. The molecule has 8 nitrogen and oxygen atoms in total. The largest absolute Gasteiger partial charge is 0.475 e. The summed E-state index contributed by atoms with van der Waals surface area (Å²) >= 11 is 0. The number of anilines is 2. The Bertz CT molecular complexity index is 1180.